The third-order valence-electron chi connectivity index (χ3n) is 6.76. The van der Waals surface area contributed by atoms with Crippen LogP contribution in [0.4, 0.5) is 4.39 Å². The molecule has 33 heavy (non-hydrogen) atoms. The van der Waals surface area contributed by atoms with Crippen molar-refractivity contribution in [1.29, 1.82) is 0 Å². The second-order valence-electron chi connectivity index (χ2n) is 8.65. The van der Waals surface area contributed by atoms with Crippen LogP contribution in [0.25, 0.3) is 11.4 Å². The van der Waals surface area contributed by atoms with E-state index in [1.807, 2.05) is 35.2 Å². The maximum atomic E-state index is 14.9. The van der Waals surface area contributed by atoms with Crippen molar-refractivity contribution in [3.05, 3.63) is 82.9 Å². The fraction of sp³-hybridized carbons (Fsp3) is 0.346. The number of likely N-dealkylation sites (tertiary alicyclic amines) is 1. The summed E-state index contributed by atoms with van der Waals surface area (Å²) in [6.07, 6.45) is 4.33. The first kappa shape index (κ1) is 22.0. The van der Waals surface area contributed by atoms with E-state index in [1.54, 1.807) is 24.4 Å². The molecule has 7 heteroatoms. The standard InChI is InChI=1S/C26H25ClFN3O2/c27-19-6-3-5-18(17-19)24-29-13-10-22(30-24)23-9-4-14-31(23)25(32)26(11-15-33-16-12-26)20-7-1-2-8-21(20)28/h1-3,5-8,10,13,17,23H,4,9,11-12,14-16H2/t23-/m0/s1. The molecule has 0 radical (unpaired) electrons. The highest BCUT2D eigenvalue weighted by Crippen LogP contribution is 2.42. The second-order valence-corrected chi connectivity index (χ2v) is 9.08. The van der Waals surface area contributed by atoms with Gasteiger partial charge in [0.1, 0.15) is 5.82 Å². The molecule has 0 unspecified atom stereocenters. The van der Waals surface area contributed by atoms with E-state index in [1.165, 1.54) is 6.07 Å². The van der Waals surface area contributed by atoms with Crippen LogP contribution < -0.4 is 0 Å². The molecular weight excluding hydrogens is 441 g/mol. The molecule has 2 saturated heterocycles. The molecule has 0 aliphatic carbocycles. The van der Waals surface area contributed by atoms with Gasteiger partial charge < -0.3 is 9.64 Å². The van der Waals surface area contributed by atoms with E-state index in [2.05, 4.69) is 4.98 Å². The zero-order valence-electron chi connectivity index (χ0n) is 18.2. The number of aromatic nitrogens is 2. The predicted octanol–water partition coefficient (Wildman–Crippen LogP) is 5.35. The SMILES string of the molecule is O=C(N1CCC[C@H]1c1ccnc(-c2cccc(Cl)c2)n1)C1(c2ccccc2F)CCOCC1. The summed E-state index contributed by atoms with van der Waals surface area (Å²) in [6, 6.07) is 15.7. The first-order valence-electron chi connectivity index (χ1n) is 11.3. The highest BCUT2D eigenvalue weighted by molar-refractivity contribution is 6.30. The maximum Gasteiger partial charge on any atom is 0.234 e. The van der Waals surface area contributed by atoms with Gasteiger partial charge in [-0.2, -0.15) is 0 Å². The largest absolute Gasteiger partial charge is 0.381 e. The van der Waals surface area contributed by atoms with Crippen molar-refractivity contribution >= 4 is 17.5 Å². The van der Waals surface area contributed by atoms with Crippen molar-refractivity contribution in [3.8, 4) is 11.4 Å². The molecule has 1 atom stereocenters. The minimum absolute atomic E-state index is 0.0404. The Morgan fingerprint density at radius 1 is 1.12 bits per heavy atom. The number of benzene rings is 2. The summed E-state index contributed by atoms with van der Waals surface area (Å²) >= 11 is 6.15. The number of carbonyl (C=O) groups is 1. The summed E-state index contributed by atoms with van der Waals surface area (Å²) in [5.41, 5.74) is 1.16. The van der Waals surface area contributed by atoms with Gasteiger partial charge in [0, 0.05) is 42.1 Å². The van der Waals surface area contributed by atoms with Crippen LogP contribution in [0, 0.1) is 5.82 Å². The molecular formula is C26H25ClFN3O2. The van der Waals surface area contributed by atoms with Gasteiger partial charge in [0.2, 0.25) is 5.91 Å². The van der Waals surface area contributed by atoms with Crippen LogP contribution in [0.5, 0.6) is 0 Å². The lowest BCUT2D eigenvalue weighted by Gasteiger charge is -2.40. The van der Waals surface area contributed by atoms with Crippen molar-refractivity contribution in [2.24, 2.45) is 0 Å². The fourth-order valence-corrected chi connectivity index (χ4v) is 5.27. The van der Waals surface area contributed by atoms with Crippen LogP contribution in [0.15, 0.2) is 60.8 Å². The quantitative estimate of drug-likeness (QED) is 0.521. The predicted molar refractivity (Wildman–Crippen MR) is 124 cm³/mol. The Morgan fingerprint density at radius 3 is 2.73 bits per heavy atom. The molecule has 0 N–H and O–H groups in total. The summed E-state index contributed by atoms with van der Waals surface area (Å²) in [6.45, 7) is 1.49. The van der Waals surface area contributed by atoms with Gasteiger partial charge in [-0.15, -0.1) is 0 Å². The van der Waals surface area contributed by atoms with Gasteiger partial charge in [0.05, 0.1) is 17.2 Å². The maximum absolute atomic E-state index is 14.9. The number of nitrogens with zero attached hydrogens (tertiary/aromatic N) is 3. The zero-order chi connectivity index (χ0) is 22.8. The molecule has 5 nitrogen and oxygen atoms in total. The summed E-state index contributed by atoms with van der Waals surface area (Å²) in [7, 11) is 0. The molecule has 170 valence electrons. The minimum Gasteiger partial charge on any atom is -0.381 e. The molecule has 5 rings (SSSR count). The van der Waals surface area contributed by atoms with Crippen LogP contribution in [0.1, 0.15) is 43.0 Å². The number of ether oxygens (including phenoxy) is 1. The molecule has 1 amide bonds. The molecule has 2 aliphatic rings. The third kappa shape index (κ3) is 4.13. The van der Waals surface area contributed by atoms with Gasteiger partial charge in [-0.1, -0.05) is 41.9 Å². The second kappa shape index (κ2) is 9.20. The highest BCUT2D eigenvalue weighted by atomic mass is 35.5. The molecule has 2 aromatic carbocycles. The zero-order valence-corrected chi connectivity index (χ0v) is 19.0. The van der Waals surface area contributed by atoms with Crippen molar-refractivity contribution in [2.75, 3.05) is 19.8 Å². The Morgan fingerprint density at radius 2 is 1.94 bits per heavy atom. The van der Waals surface area contributed by atoms with Crippen LogP contribution in [0.2, 0.25) is 5.02 Å². The van der Waals surface area contributed by atoms with Gasteiger partial charge in [-0.25, -0.2) is 14.4 Å². The van der Waals surface area contributed by atoms with Gasteiger partial charge in [0.15, 0.2) is 5.82 Å². The Kier molecular flexibility index (Phi) is 6.13. The van der Waals surface area contributed by atoms with Crippen LogP contribution >= 0.6 is 11.6 Å². The topological polar surface area (TPSA) is 55.3 Å². The van der Waals surface area contributed by atoms with E-state index in [4.69, 9.17) is 21.3 Å². The summed E-state index contributed by atoms with van der Waals surface area (Å²) in [4.78, 5) is 25.2. The molecule has 3 aromatic rings. The summed E-state index contributed by atoms with van der Waals surface area (Å²) in [5.74, 6) is 0.194. The Hall–Kier alpha value is -2.83. The fourth-order valence-electron chi connectivity index (χ4n) is 5.08. The Labute approximate surface area is 197 Å². The Bertz CT molecular complexity index is 1170. The molecule has 0 bridgehead atoms. The lowest BCUT2D eigenvalue weighted by molar-refractivity contribution is -0.142. The summed E-state index contributed by atoms with van der Waals surface area (Å²) < 4.78 is 20.5. The average Bonchev–Trinajstić information content (AvgIpc) is 3.34. The number of hydrogen-bond donors (Lipinski definition) is 0. The third-order valence-corrected chi connectivity index (χ3v) is 7.00. The van der Waals surface area contributed by atoms with Crippen LogP contribution in [-0.4, -0.2) is 40.5 Å². The molecule has 3 heterocycles. The van der Waals surface area contributed by atoms with Gasteiger partial charge in [-0.3, -0.25) is 4.79 Å². The van der Waals surface area contributed by atoms with Gasteiger partial charge >= 0.3 is 0 Å². The molecule has 0 saturated carbocycles. The van der Waals surface area contributed by atoms with E-state index >= 15 is 0 Å². The monoisotopic (exact) mass is 465 g/mol. The highest BCUT2D eigenvalue weighted by Gasteiger charge is 2.48. The van der Waals surface area contributed by atoms with Crippen molar-refractivity contribution in [2.45, 2.75) is 37.1 Å². The van der Waals surface area contributed by atoms with E-state index in [0.29, 0.717) is 49.0 Å². The van der Waals surface area contributed by atoms with Crippen molar-refractivity contribution in [1.82, 2.24) is 14.9 Å². The van der Waals surface area contributed by atoms with E-state index < -0.39 is 5.41 Å². The number of carbonyl (C=O) groups excluding carboxylic acids is 1. The van der Waals surface area contributed by atoms with Crippen molar-refractivity contribution < 1.29 is 13.9 Å². The number of rotatable bonds is 4. The van der Waals surface area contributed by atoms with Crippen LogP contribution in [0.3, 0.4) is 0 Å². The molecule has 0 spiro atoms. The smallest absolute Gasteiger partial charge is 0.234 e. The molecule has 1 aromatic heterocycles. The van der Waals surface area contributed by atoms with E-state index in [0.717, 1.165) is 24.1 Å². The Balaban J connectivity index is 1.50. The summed E-state index contributed by atoms with van der Waals surface area (Å²) in [5, 5.41) is 0.616. The molecule has 2 fully saturated rings. The van der Waals surface area contributed by atoms with E-state index in [9.17, 15) is 9.18 Å². The lowest BCUT2D eigenvalue weighted by atomic mass is 9.72. The van der Waals surface area contributed by atoms with Crippen molar-refractivity contribution in [3.63, 3.8) is 0 Å². The van der Waals surface area contributed by atoms with Gasteiger partial charge in [0.25, 0.3) is 0 Å². The normalized spacial score (nSPS) is 20.1. The molecule has 2 aliphatic heterocycles. The first-order valence-corrected chi connectivity index (χ1v) is 11.7. The van der Waals surface area contributed by atoms with Crippen LogP contribution in [-0.2, 0) is 14.9 Å². The first-order chi connectivity index (χ1) is 16.1. The van der Waals surface area contributed by atoms with Gasteiger partial charge in [-0.05, 0) is 49.9 Å². The number of halogens is 2. The number of hydrogen-bond acceptors (Lipinski definition) is 4. The lowest BCUT2D eigenvalue weighted by Crippen LogP contribution is -2.50. The average molecular weight is 466 g/mol. The van der Waals surface area contributed by atoms with E-state index in [-0.39, 0.29) is 17.8 Å². The number of amides is 1. The minimum atomic E-state index is -0.922.